The molecule has 0 aromatic heterocycles. The Labute approximate surface area is 81.9 Å². The minimum Gasteiger partial charge on any atom is -0.330 e. The standard InChI is InChI=1S/C11H13F2N/c12-11(13)8-3-1-7(2-4-8)10-5-9(10)6-14/h1-4,9-11H,5-6,14H2. The molecule has 2 unspecified atom stereocenters. The minimum atomic E-state index is -2.37. The van der Waals surface area contributed by atoms with E-state index in [9.17, 15) is 8.78 Å². The van der Waals surface area contributed by atoms with Crippen LogP contribution in [0.4, 0.5) is 8.78 Å². The molecule has 0 amide bonds. The Morgan fingerprint density at radius 3 is 2.36 bits per heavy atom. The van der Waals surface area contributed by atoms with Gasteiger partial charge in [-0.2, -0.15) is 0 Å². The van der Waals surface area contributed by atoms with Crippen molar-refractivity contribution in [2.75, 3.05) is 6.54 Å². The number of hydrogen-bond donors (Lipinski definition) is 1. The molecular weight excluding hydrogens is 184 g/mol. The van der Waals surface area contributed by atoms with Gasteiger partial charge in [0, 0.05) is 5.56 Å². The first kappa shape index (κ1) is 9.59. The molecule has 1 aromatic carbocycles. The molecule has 1 aliphatic carbocycles. The van der Waals surface area contributed by atoms with Crippen LogP contribution in [0.3, 0.4) is 0 Å². The third kappa shape index (κ3) is 1.77. The van der Waals surface area contributed by atoms with E-state index in [-0.39, 0.29) is 5.56 Å². The summed E-state index contributed by atoms with van der Waals surface area (Å²) in [5, 5.41) is 0. The van der Waals surface area contributed by atoms with Crippen molar-refractivity contribution in [2.45, 2.75) is 18.8 Å². The van der Waals surface area contributed by atoms with Gasteiger partial charge in [-0.15, -0.1) is 0 Å². The summed E-state index contributed by atoms with van der Waals surface area (Å²) in [5.41, 5.74) is 6.76. The van der Waals surface area contributed by atoms with E-state index < -0.39 is 6.43 Å². The molecule has 1 saturated carbocycles. The van der Waals surface area contributed by atoms with E-state index in [2.05, 4.69) is 0 Å². The molecule has 14 heavy (non-hydrogen) atoms. The van der Waals surface area contributed by atoms with E-state index in [1.807, 2.05) is 0 Å². The number of hydrogen-bond acceptors (Lipinski definition) is 1. The third-order valence-electron chi connectivity index (χ3n) is 2.84. The molecule has 0 bridgehead atoms. The summed E-state index contributed by atoms with van der Waals surface area (Å²) in [7, 11) is 0. The zero-order valence-corrected chi connectivity index (χ0v) is 7.79. The van der Waals surface area contributed by atoms with Crippen LogP contribution in [0.2, 0.25) is 0 Å². The molecule has 2 N–H and O–H groups in total. The number of halogens is 2. The Morgan fingerprint density at radius 1 is 1.29 bits per heavy atom. The Kier molecular flexibility index (Phi) is 2.50. The molecule has 1 fully saturated rings. The highest BCUT2D eigenvalue weighted by molar-refractivity contribution is 5.30. The van der Waals surface area contributed by atoms with Gasteiger partial charge in [-0.3, -0.25) is 0 Å². The largest absolute Gasteiger partial charge is 0.330 e. The van der Waals surface area contributed by atoms with Crippen molar-refractivity contribution in [3.8, 4) is 0 Å². The van der Waals surface area contributed by atoms with Crippen LogP contribution in [0.1, 0.15) is 29.9 Å². The van der Waals surface area contributed by atoms with E-state index >= 15 is 0 Å². The molecule has 76 valence electrons. The van der Waals surface area contributed by atoms with Crippen molar-refractivity contribution in [1.29, 1.82) is 0 Å². The lowest BCUT2D eigenvalue weighted by atomic mass is 10.1. The molecule has 0 aliphatic heterocycles. The fourth-order valence-electron chi connectivity index (χ4n) is 1.81. The van der Waals surface area contributed by atoms with Crippen LogP contribution in [-0.2, 0) is 0 Å². The van der Waals surface area contributed by atoms with Crippen molar-refractivity contribution in [1.82, 2.24) is 0 Å². The molecule has 1 aliphatic rings. The van der Waals surface area contributed by atoms with Crippen molar-refractivity contribution in [3.63, 3.8) is 0 Å². The Balaban J connectivity index is 2.08. The van der Waals surface area contributed by atoms with Crippen LogP contribution in [0.5, 0.6) is 0 Å². The average molecular weight is 197 g/mol. The first-order valence-electron chi connectivity index (χ1n) is 4.80. The van der Waals surface area contributed by atoms with Crippen LogP contribution in [0.25, 0.3) is 0 Å². The number of nitrogens with two attached hydrogens (primary N) is 1. The monoisotopic (exact) mass is 197 g/mol. The summed E-state index contributed by atoms with van der Waals surface area (Å²) in [5.74, 6) is 1.07. The van der Waals surface area contributed by atoms with E-state index in [0.29, 0.717) is 18.4 Å². The maximum atomic E-state index is 12.2. The lowest BCUT2D eigenvalue weighted by molar-refractivity contribution is 0.151. The van der Waals surface area contributed by atoms with Crippen molar-refractivity contribution < 1.29 is 8.78 Å². The van der Waals surface area contributed by atoms with Gasteiger partial charge in [0.05, 0.1) is 0 Å². The van der Waals surface area contributed by atoms with Gasteiger partial charge in [0.2, 0.25) is 0 Å². The molecule has 2 atom stereocenters. The lowest BCUT2D eigenvalue weighted by Gasteiger charge is -2.02. The van der Waals surface area contributed by atoms with Crippen LogP contribution < -0.4 is 5.73 Å². The smallest absolute Gasteiger partial charge is 0.263 e. The number of alkyl halides is 2. The predicted molar refractivity (Wildman–Crippen MR) is 51.3 cm³/mol. The summed E-state index contributed by atoms with van der Waals surface area (Å²) in [6, 6.07) is 6.60. The summed E-state index contributed by atoms with van der Waals surface area (Å²) in [6.45, 7) is 0.696. The van der Waals surface area contributed by atoms with E-state index in [4.69, 9.17) is 5.73 Å². The highest BCUT2D eigenvalue weighted by Crippen LogP contribution is 2.46. The summed E-state index contributed by atoms with van der Waals surface area (Å²) >= 11 is 0. The molecular formula is C11H13F2N. The Morgan fingerprint density at radius 2 is 1.93 bits per heavy atom. The van der Waals surface area contributed by atoms with E-state index in [0.717, 1.165) is 12.0 Å². The van der Waals surface area contributed by atoms with Crippen molar-refractivity contribution in [2.24, 2.45) is 11.7 Å². The van der Waals surface area contributed by atoms with Gasteiger partial charge in [0.15, 0.2) is 0 Å². The van der Waals surface area contributed by atoms with Crippen LogP contribution in [0.15, 0.2) is 24.3 Å². The van der Waals surface area contributed by atoms with Crippen LogP contribution in [-0.4, -0.2) is 6.54 Å². The van der Waals surface area contributed by atoms with E-state index in [1.54, 1.807) is 12.1 Å². The lowest BCUT2D eigenvalue weighted by Crippen LogP contribution is -2.01. The summed E-state index contributed by atoms with van der Waals surface area (Å²) in [6.07, 6.45) is -1.27. The molecule has 0 saturated heterocycles. The van der Waals surface area contributed by atoms with Crippen LogP contribution in [0, 0.1) is 5.92 Å². The third-order valence-corrected chi connectivity index (χ3v) is 2.84. The summed E-state index contributed by atoms with van der Waals surface area (Å²) < 4.78 is 24.5. The average Bonchev–Trinajstić information content (AvgIpc) is 2.97. The molecule has 0 spiro atoms. The topological polar surface area (TPSA) is 26.0 Å². The highest BCUT2D eigenvalue weighted by atomic mass is 19.3. The van der Waals surface area contributed by atoms with Gasteiger partial charge in [-0.05, 0) is 30.4 Å². The van der Waals surface area contributed by atoms with Crippen molar-refractivity contribution in [3.05, 3.63) is 35.4 Å². The molecule has 3 heteroatoms. The number of benzene rings is 1. The van der Waals surface area contributed by atoms with Gasteiger partial charge in [0.1, 0.15) is 0 Å². The van der Waals surface area contributed by atoms with Crippen LogP contribution >= 0.6 is 0 Å². The first-order valence-corrected chi connectivity index (χ1v) is 4.80. The van der Waals surface area contributed by atoms with Gasteiger partial charge >= 0.3 is 0 Å². The zero-order valence-electron chi connectivity index (χ0n) is 7.79. The van der Waals surface area contributed by atoms with Gasteiger partial charge in [-0.1, -0.05) is 24.3 Å². The van der Waals surface area contributed by atoms with Gasteiger partial charge in [0.25, 0.3) is 6.43 Å². The summed E-state index contributed by atoms with van der Waals surface area (Å²) in [4.78, 5) is 0. The molecule has 0 heterocycles. The molecule has 0 radical (unpaired) electrons. The normalized spacial score (nSPS) is 25.4. The molecule has 1 aromatic rings. The quantitative estimate of drug-likeness (QED) is 0.792. The number of rotatable bonds is 3. The second-order valence-corrected chi connectivity index (χ2v) is 3.81. The fourth-order valence-corrected chi connectivity index (χ4v) is 1.81. The van der Waals surface area contributed by atoms with Gasteiger partial charge < -0.3 is 5.73 Å². The molecule has 2 rings (SSSR count). The first-order chi connectivity index (χ1) is 6.72. The SMILES string of the molecule is NCC1CC1c1ccc(C(F)F)cc1. The maximum Gasteiger partial charge on any atom is 0.263 e. The fraction of sp³-hybridized carbons (Fsp3) is 0.455. The Hall–Kier alpha value is -0.960. The van der Waals surface area contributed by atoms with E-state index in [1.165, 1.54) is 12.1 Å². The maximum absolute atomic E-state index is 12.2. The second kappa shape index (κ2) is 3.65. The van der Waals surface area contributed by atoms with Gasteiger partial charge in [-0.25, -0.2) is 8.78 Å². The second-order valence-electron chi connectivity index (χ2n) is 3.81. The molecule has 1 nitrogen and oxygen atoms in total. The van der Waals surface area contributed by atoms with Crippen molar-refractivity contribution >= 4 is 0 Å². The Bertz CT molecular complexity index is 308. The highest BCUT2D eigenvalue weighted by Gasteiger charge is 2.36. The zero-order chi connectivity index (χ0) is 10.1. The predicted octanol–water partition coefficient (Wildman–Crippen LogP) is 2.69. The minimum absolute atomic E-state index is 0.0960.